The standard InChI is InChI=1S/C18H21NO3/c1-13-6-4-5-7-16(13)18(21)19(2)17(12-20)14-8-10-15(22-3)11-9-14/h4-11,17,20H,12H2,1-3H3/t17-/m1/s1. The fourth-order valence-electron chi connectivity index (χ4n) is 2.42. The highest BCUT2D eigenvalue weighted by molar-refractivity contribution is 5.95. The Bertz CT molecular complexity index is 637. The number of aliphatic hydroxyl groups excluding tert-OH is 1. The van der Waals surface area contributed by atoms with Crippen LogP contribution >= 0.6 is 0 Å². The summed E-state index contributed by atoms with van der Waals surface area (Å²) in [6.45, 7) is 1.77. The van der Waals surface area contributed by atoms with Gasteiger partial charge in [0.1, 0.15) is 5.75 Å². The highest BCUT2D eigenvalue weighted by Gasteiger charge is 2.23. The highest BCUT2D eigenvalue weighted by Crippen LogP contribution is 2.24. The van der Waals surface area contributed by atoms with Gasteiger partial charge < -0.3 is 14.7 Å². The molecule has 1 N–H and O–H groups in total. The molecule has 0 aliphatic heterocycles. The first-order valence-electron chi connectivity index (χ1n) is 7.16. The van der Waals surface area contributed by atoms with E-state index in [4.69, 9.17) is 4.74 Å². The van der Waals surface area contributed by atoms with Crippen LogP contribution in [0.4, 0.5) is 0 Å². The quantitative estimate of drug-likeness (QED) is 0.923. The number of carbonyl (C=O) groups excluding carboxylic acids is 1. The summed E-state index contributed by atoms with van der Waals surface area (Å²) in [5, 5.41) is 9.72. The number of nitrogens with zero attached hydrogens (tertiary/aromatic N) is 1. The van der Waals surface area contributed by atoms with Gasteiger partial charge in [-0.15, -0.1) is 0 Å². The summed E-state index contributed by atoms with van der Waals surface area (Å²) >= 11 is 0. The van der Waals surface area contributed by atoms with Gasteiger partial charge in [0.05, 0.1) is 19.8 Å². The van der Waals surface area contributed by atoms with E-state index in [-0.39, 0.29) is 12.5 Å². The molecule has 0 aliphatic carbocycles. The summed E-state index contributed by atoms with van der Waals surface area (Å²) in [6.07, 6.45) is 0. The minimum Gasteiger partial charge on any atom is -0.497 e. The summed E-state index contributed by atoms with van der Waals surface area (Å²) in [5.41, 5.74) is 2.44. The zero-order chi connectivity index (χ0) is 16.1. The third kappa shape index (κ3) is 3.28. The Balaban J connectivity index is 2.26. The van der Waals surface area contributed by atoms with Crippen LogP contribution in [0.2, 0.25) is 0 Å². The first kappa shape index (κ1) is 16.0. The van der Waals surface area contributed by atoms with E-state index >= 15 is 0 Å². The number of aliphatic hydroxyl groups is 1. The first-order valence-corrected chi connectivity index (χ1v) is 7.16. The Morgan fingerprint density at radius 3 is 2.36 bits per heavy atom. The van der Waals surface area contributed by atoms with E-state index in [1.165, 1.54) is 0 Å². The molecule has 2 aromatic carbocycles. The van der Waals surface area contributed by atoms with Gasteiger partial charge in [0, 0.05) is 12.6 Å². The van der Waals surface area contributed by atoms with Crippen molar-refractivity contribution in [3.8, 4) is 5.75 Å². The van der Waals surface area contributed by atoms with Crippen LogP contribution in [-0.2, 0) is 0 Å². The maximum absolute atomic E-state index is 12.7. The van der Waals surface area contributed by atoms with Gasteiger partial charge in [-0.1, -0.05) is 30.3 Å². The average Bonchev–Trinajstić information content (AvgIpc) is 2.56. The maximum Gasteiger partial charge on any atom is 0.254 e. The number of amides is 1. The summed E-state index contributed by atoms with van der Waals surface area (Å²) in [6, 6.07) is 14.4. The largest absolute Gasteiger partial charge is 0.497 e. The van der Waals surface area contributed by atoms with Gasteiger partial charge in [-0.25, -0.2) is 0 Å². The Labute approximate surface area is 131 Å². The molecule has 0 saturated heterocycles. The number of hydrogen-bond donors (Lipinski definition) is 1. The van der Waals surface area contributed by atoms with Crippen molar-refractivity contribution >= 4 is 5.91 Å². The lowest BCUT2D eigenvalue weighted by Gasteiger charge is -2.27. The molecule has 4 heteroatoms. The third-order valence-corrected chi connectivity index (χ3v) is 3.84. The van der Waals surface area contributed by atoms with E-state index in [2.05, 4.69) is 0 Å². The monoisotopic (exact) mass is 299 g/mol. The first-order chi connectivity index (χ1) is 10.6. The number of likely N-dealkylation sites (N-methyl/N-ethyl adjacent to an activating group) is 1. The van der Waals surface area contributed by atoms with Crippen molar-refractivity contribution in [2.75, 3.05) is 20.8 Å². The molecule has 1 atom stereocenters. The minimum absolute atomic E-state index is 0.104. The second-order valence-corrected chi connectivity index (χ2v) is 5.20. The van der Waals surface area contributed by atoms with Crippen molar-refractivity contribution in [2.24, 2.45) is 0 Å². The van der Waals surface area contributed by atoms with Crippen molar-refractivity contribution in [3.05, 3.63) is 65.2 Å². The maximum atomic E-state index is 12.7. The van der Waals surface area contributed by atoms with Gasteiger partial charge in [0.2, 0.25) is 0 Å². The van der Waals surface area contributed by atoms with E-state index in [0.717, 1.165) is 16.9 Å². The lowest BCUT2D eigenvalue weighted by Crippen LogP contribution is -2.33. The Hall–Kier alpha value is -2.33. The van der Waals surface area contributed by atoms with E-state index in [9.17, 15) is 9.90 Å². The molecule has 0 spiro atoms. The van der Waals surface area contributed by atoms with E-state index in [1.54, 1.807) is 25.1 Å². The number of benzene rings is 2. The molecule has 4 nitrogen and oxygen atoms in total. The number of methoxy groups -OCH3 is 1. The number of rotatable bonds is 5. The molecule has 0 saturated carbocycles. The van der Waals surface area contributed by atoms with Crippen molar-refractivity contribution < 1.29 is 14.6 Å². The molecule has 0 aliphatic rings. The average molecular weight is 299 g/mol. The van der Waals surface area contributed by atoms with Gasteiger partial charge in [-0.2, -0.15) is 0 Å². The molecule has 0 radical (unpaired) electrons. The highest BCUT2D eigenvalue weighted by atomic mass is 16.5. The molecule has 116 valence electrons. The van der Waals surface area contributed by atoms with E-state index in [1.807, 2.05) is 49.4 Å². The van der Waals surface area contributed by atoms with Crippen LogP contribution in [0.1, 0.15) is 27.5 Å². The zero-order valence-electron chi connectivity index (χ0n) is 13.1. The Morgan fingerprint density at radius 2 is 1.82 bits per heavy atom. The molecule has 0 aromatic heterocycles. The van der Waals surface area contributed by atoms with Crippen molar-refractivity contribution in [2.45, 2.75) is 13.0 Å². The number of carbonyl (C=O) groups is 1. The summed E-state index contributed by atoms with van der Waals surface area (Å²) in [4.78, 5) is 14.2. The van der Waals surface area contributed by atoms with Crippen molar-refractivity contribution in [3.63, 3.8) is 0 Å². The van der Waals surface area contributed by atoms with Crippen LogP contribution < -0.4 is 4.74 Å². The van der Waals surface area contributed by atoms with Gasteiger partial charge in [-0.3, -0.25) is 4.79 Å². The van der Waals surface area contributed by atoms with E-state index < -0.39 is 6.04 Å². The van der Waals surface area contributed by atoms with Crippen LogP contribution in [0, 0.1) is 6.92 Å². The molecule has 2 rings (SSSR count). The second-order valence-electron chi connectivity index (χ2n) is 5.20. The SMILES string of the molecule is COc1ccc([C@@H](CO)N(C)C(=O)c2ccccc2C)cc1. The van der Waals surface area contributed by atoms with Crippen LogP contribution in [0.3, 0.4) is 0 Å². The Morgan fingerprint density at radius 1 is 1.18 bits per heavy atom. The molecule has 0 bridgehead atoms. The van der Waals surface area contributed by atoms with Crippen molar-refractivity contribution in [1.82, 2.24) is 4.90 Å². The molecule has 0 unspecified atom stereocenters. The fraction of sp³-hybridized carbons (Fsp3) is 0.278. The molecule has 0 fully saturated rings. The summed E-state index contributed by atoms with van der Waals surface area (Å²) < 4.78 is 5.13. The topological polar surface area (TPSA) is 49.8 Å². The molecular formula is C18H21NO3. The number of aryl methyl sites for hydroxylation is 1. The zero-order valence-corrected chi connectivity index (χ0v) is 13.1. The number of ether oxygens (including phenoxy) is 1. The second kappa shape index (κ2) is 7.09. The van der Waals surface area contributed by atoms with Gasteiger partial charge in [0.15, 0.2) is 0 Å². The molecule has 2 aromatic rings. The van der Waals surface area contributed by atoms with Gasteiger partial charge in [-0.05, 0) is 36.2 Å². The third-order valence-electron chi connectivity index (χ3n) is 3.84. The number of hydrogen-bond acceptors (Lipinski definition) is 3. The Kier molecular flexibility index (Phi) is 5.17. The lowest BCUT2D eigenvalue weighted by molar-refractivity contribution is 0.0658. The predicted molar refractivity (Wildman–Crippen MR) is 86.1 cm³/mol. The molecule has 0 heterocycles. The predicted octanol–water partition coefficient (Wildman–Crippen LogP) is 2.81. The van der Waals surface area contributed by atoms with E-state index in [0.29, 0.717) is 5.56 Å². The van der Waals surface area contributed by atoms with Crippen LogP contribution in [0.25, 0.3) is 0 Å². The van der Waals surface area contributed by atoms with Crippen LogP contribution in [0.5, 0.6) is 5.75 Å². The molecule has 22 heavy (non-hydrogen) atoms. The van der Waals surface area contributed by atoms with Gasteiger partial charge >= 0.3 is 0 Å². The summed E-state index contributed by atoms with van der Waals surface area (Å²) in [7, 11) is 3.31. The smallest absolute Gasteiger partial charge is 0.254 e. The minimum atomic E-state index is -0.391. The molecule has 1 amide bonds. The normalized spacial score (nSPS) is 11.8. The van der Waals surface area contributed by atoms with Gasteiger partial charge in [0.25, 0.3) is 5.91 Å². The van der Waals surface area contributed by atoms with Crippen LogP contribution in [-0.4, -0.2) is 36.7 Å². The summed E-state index contributed by atoms with van der Waals surface area (Å²) in [5.74, 6) is 0.640. The lowest BCUT2D eigenvalue weighted by atomic mass is 10.0. The molecular weight excluding hydrogens is 278 g/mol. The van der Waals surface area contributed by atoms with Crippen molar-refractivity contribution in [1.29, 1.82) is 0 Å². The fourth-order valence-corrected chi connectivity index (χ4v) is 2.42. The van der Waals surface area contributed by atoms with Crippen LogP contribution in [0.15, 0.2) is 48.5 Å².